The van der Waals surface area contributed by atoms with Gasteiger partial charge in [-0.05, 0) is 43.3 Å². The van der Waals surface area contributed by atoms with Gasteiger partial charge in [0.15, 0.2) is 0 Å². The second kappa shape index (κ2) is 18.8. The van der Waals surface area contributed by atoms with E-state index in [1.165, 1.54) is 0 Å². The van der Waals surface area contributed by atoms with Crippen LogP contribution in [-0.4, -0.2) is 120 Å². The van der Waals surface area contributed by atoms with E-state index in [9.17, 15) is 4.79 Å². The predicted molar refractivity (Wildman–Crippen MR) is 170 cm³/mol. The molecule has 43 heavy (non-hydrogen) atoms. The molecule has 12 heteroatoms. The van der Waals surface area contributed by atoms with Gasteiger partial charge in [-0.2, -0.15) is 0 Å². The summed E-state index contributed by atoms with van der Waals surface area (Å²) in [6.45, 7) is 9.69. The number of nitrogens with zero attached hydrogens (tertiary/aromatic N) is 3. The van der Waals surface area contributed by atoms with Gasteiger partial charge < -0.3 is 40.2 Å². The molecule has 1 fully saturated rings. The Kier molecular flexibility index (Phi) is 14.5. The number of amidine groups is 1. The third kappa shape index (κ3) is 11.3. The average Bonchev–Trinajstić information content (AvgIpc) is 3.18. The summed E-state index contributed by atoms with van der Waals surface area (Å²) in [4.78, 5) is 22.0. The number of halogens is 1. The Hall–Kier alpha value is -2.77. The Morgan fingerprint density at radius 1 is 0.884 bits per heavy atom. The summed E-state index contributed by atoms with van der Waals surface area (Å²) >= 11 is 6.29. The molecule has 0 spiro atoms. The average molecular weight is 617 g/mol. The zero-order chi connectivity index (χ0) is 30.1. The van der Waals surface area contributed by atoms with Crippen molar-refractivity contribution in [3.8, 4) is 0 Å². The van der Waals surface area contributed by atoms with Gasteiger partial charge >= 0.3 is 0 Å². The zero-order valence-electron chi connectivity index (χ0n) is 24.9. The van der Waals surface area contributed by atoms with Gasteiger partial charge in [0.25, 0.3) is 0 Å². The van der Waals surface area contributed by atoms with Crippen LogP contribution in [-0.2, 0) is 23.7 Å². The molecule has 0 saturated carbocycles. The maximum absolute atomic E-state index is 12.1. The fourth-order valence-electron chi connectivity index (χ4n) is 4.86. The third-order valence-electron chi connectivity index (χ3n) is 7.12. The number of amides is 1. The molecule has 0 radical (unpaired) electrons. The van der Waals surface area contributed by atoms with Crippen LogP contribution in [0.3, 0.4) is 0 Å². The molecule has 2 heterocycles. The summed E-state index contributed by atoms with van der Waals surface area (Å²) in [5.74, 6) is 0.981. The van der Waals surface area contributed by atoms with Crippen molar-refractivity contribution >= 4 is 40.4 Å². The lowest BCUT2D eigenvalue weighted by atomic mass is 10.1. The summed E-state index contributed by atoms with van der Waals surface area (Å²) in [5, 5.41) is 7.19. The van der Waals surface area contributed by atoms with Gasteiger partial charge in [-0.3, -0.25) is 9.69 Å². The van der Waals surface area contributed by atoms with Crippen LogP contribution in [0.4, 0.5) is 17.1 Å². The molecule has 0 bridgehead atoms. The summed E-state index contributed by atoms with van der Waals surface area (Å²) in [5.41, 5.74) is 9.28. The van der Waals surface area contributed by atoms with Crippen LogP contribution in [0.1, 0.15) is 18.4 Å². The van der Waals surface area contributed by atoms with E-state index in [-0.39, 0.29) is 5.91 Å². The minimum Gasteiger partial charge on any atom is -0.379 e. The minimum absolute atomic E-state index is 0.00928. The topological polar surface area (TPSA) is 123 Å². The number of piperazine rings is 1. The van der Waals surface area contributed by atoms with E-state index in [4.69, 9.17) is 41.3 Å². The molecule has 4 rings (SSSR count). The normalized spacial score (nSPS) is 14.8. The molecular weight excluding hydrogens is 572 g/mol. The van der Waals surface area contributed by atoms with Gasteiger partial charge in [-0.1, -0.05) is 23.7 Å². The van der Waals surface area contributed by atoms with Crippen molar-refractivity contribution in [3.05, 3.63) is 53.1 Å². The van der Waals surface area contributed by atoms with Gasteiger partial charge in [0.1, 0.15) is 5.84 Å². The first-order valence-electron chi connectivity index (χ1n) is 15.1. The second-order valence-electron chi connectivity index (χ2n) is 10.3. The first-order chi connectivity index (χ1) is 21.1. The number of para-hydroxylation sites is 1. The number of carbonyl (C=O) groups is 1. The Labute approximate surface area is 259 Å². The Morgan fingerprint density at radius 3 is 2.28 bits per heavy atom. The van der Waals surface area contributed by atoms with Crippen molar-refractivity contribution in [3.63, 3.8) is 0 Å². The lowest BCUT2D eigenvalue weighted by Gasteiger charge is -2.36. The number of carbonyl (C=O) groups excluding carboxylic acids is 1. The maximum atomic E-state index is 12.1. The molecule has 0 aromatic heterocycles. The van der Waals surface area contributed by atoms with Gasteiger partial charge in [0, 0.05) is 62.0 Å². The van der Waals surface area contributed by atoms with Gasteiger partial charge in [-0.15, -0.1) is 0 Å². The van der Waals surface area contributed by atoms with Crippen molar-refractivity contribution in [2.75, 3.05) is 104 Å². The quantitative estimate of drug-likeness (QED) is 0.217. The SMILES string of the molecule is NCCOCCOCCOCCOCCC(=O)NCCCN1CCN(C2=Nc3cc(Cl)ccc3Nc3ccccc32)CC1. The molecule has 2 aromatic carbocycles. The monoisotopic (exact) mass is 616 g/mol. The van der Waals surface area contributed by atoms with Crippen LogP contribution >= 0.6 is 11.6 Å². The number of rotatable bonds is 18. The fourth-order valence-corrected chi connectivity index (χ4v) is 5.03. The van der Waals surface area contributed by atoms with Crippen molar-refractivity contribution in [1.29, 1.82) is 0 Å². The van der Waals surface area contributed by atoms with Crippen molar-refractivity contribution in [2.24, 2.45) is 10.7 Å². The van der Waals surface area contributed by atoms with Crippen molar-refractivity contribution in [1.82, 2.24) is 15.1 Å². The van der Waals surface area contributed by atoms with E-state index in [0.717, 1.165) is 67.6 Å². The Bertz CT molecular complexity index is 1160. The summed E-state index contributed by atoms with van der Waals surface area (Å²) in [7, 11) is 0. The molecule has 0 unspecified atom stereocenters. The maximum Gasteiger partial charge on any atom is 0.222 e. The van der Waals surface area contributed by atoms with Gasteiger partial charge in [-0.25, -0.2) is 4.99 Å². The van der Waals surface area contributed by atoms with Crippen LogP contribution < -0.4 is 16.4 Å². The minimum atomic E-state index is 0.00928. The van der Waals surface area contributed by atoms with Crippen LogP contribution in [0, 0.1) is 0 Å². The van der Waals surface area contributed by atoms with Gasteiger partial charge in [0.2, 0.25) is 5.91 Å². The summed E-state index contributed by atoms with van der Waals surface area (Å²) < 4.78 is 21.6. The predicted octanol–water partition coefficient (Wildman–Crippen LogP) is 3.01. The fraction of sp³-hybridized carbons (Fsp3) is 0.548. The summed E-state index contributed by atoms with van der Waals surface area (Å²) in [6.07, 6.45) is 1.25. The number of anilines is 2. The Morgan fingerprint density at radius 2 is 1.56 bits per heavy atom. The van der Waals surface area contributed by atoms with Crippen molar-refractivity contribution < 1.29 is 23.7 Å². The molecule has 0 aliphatic carbocycles. The highest BCUT2D eigenvalue weighted by Gasteiger charge is 2.24. The number of nitrogens with two attached hydrogens (primary N) is 1. The van der Waals surface area contributed by atoms with Crippen LogP contribution in [0.5, 0.6) is 0 Å². The molecule has 0 atom stereocenters. The molecule has 2 aliphatic rings. The molecule has 4 N–H and O–H groups in total. The number of hydrogen-bond donors (Lipinski definition) is 3. The number of nitrogens with one attached hydrogen (secondary N) is 2. The third-order valence-corrected chi connectivity index (χ3v) is 7.36. The Balaban J connectivity index is 1.05. The number of aliphatic imine (C=N–C) groups is 1. The smallest absolute Gasteiger partial charge is 0.222 e. The number of fused-ring (bicyclic) bond motifs is 2. The number of hydrogen-bond acceptors (Lipinski definition) is 10. The molecular formula is C31H45ClN6O5. The standard InChI is InChI=1S/C31H45ClN6O5/c32-25-6-7-28-29(24-25)36-31(26-4-1-2-5-27(26)35-28)38-14-12-37(13-15-38)11-3-10-34-30(39)8-16-40-18-20-42-22-23-43-21-19-41-17-9-33/h1-2,4-7,24,35H,3,8-23,33H2,(H,34,39). The van der Waals surface area contributed by atoms with E-state index in [1.54, 1.807) is 0 Å². The molecule has 2 aliphatic heterocycles. The van der Waals surface area contributed by atoms with Crippen LogP contribution in [0.25, 0.3) is 0 Å². The second-order valence-corrected chi connectivity index (χ2v) is 10.7. The van der Waals surface area contributed by atoms with E-state index >= 15 is 0 Å². The molecule has 1 amide bonds. The van der Waals surface area contributed by atoms with E-state index in [2.05, 4.69) is 32.6 Å². The lowest BCUT2D eigenvalue weighted by Crippen LogP contribution is -2.49. The highest BCUT2D eigenvalue weighted by atomic mass is 35.5. The van der Waals surface area contributed by atoms with E-state index in [1.807, 2.05) is 30.3 Å². The number of benzene rings is 2. The highest BCUT2D eigenvalue weighted by Crippen LogP contribution is 2.36. The van der Waals surface area contributed by atoms with Crippen LogP contribution in [0.15, 0.2) is 47.5 Å². The largest absolute Gasteiger partial charge is 0.379 e. The van der Waals surface area contributed by atoms with E-state index in [0.29, 0.717) is 77.4 Å². The molecule has 1 saturated heterocycles. The molecule has 11 nitrogen and oxygen atoms in total. The first-order valence-corrected chi connectivity index (χ1v) is 15.5. The van der Waals surface area contributed by atoms with Crippen LogP contribution in [0.2, 0.25) is 5.02 Å². The molecule has 2 aromatic rings. The first kappa shape index (κ1) is 33.1. The van der Waals surface area contributed by atoms with Crippen molar-refractivity contribution in [2.45, 2.75) is 12.8 Å². The summed E-state index contributed by atoms with van der Waals surface area (Å²) in [6, 6.07) is 14.0. The van der Waals surface area contributed by atoms with Gasteiger partial charge in [0.05, 0.1) is 64.2 Å². The molecule has 236 valence electrons. The van der Waals surface area contributed by atoms with E-state index < -0.39 is 0 Å². The zero-order valence-corrected chi connectivity index (χ0v) is 25.7. The highest BCUT2D eigenvalue weighted by molar-refractivity contribution is 6.31. The number of ether oxygens (including phenoxy) is 4. The lowest BCUT2D eigenvalue weighted by molar-refractivity contribution is -0.122.